The summed E-state index contributed by atoms with van der Waals surface area (Å²) in [7, 11) is -2.14. The molecule has 2 saturated carbocycles. The van der Waals surface area contributed by atoms with Crippen molar-refractivity contribution < 1.29 is 4.57 Å². The van der Waals surface area contributed by atoms with Crippen molar-refractivity contribution in [1.29, 1.82) is 0 Å². The molecule has 2 aliphatic rings. The molecule has 80 valence electrons. The van der Waals surface area contributed by atoms with E-state index in [9.17, 15) is 4.57 Å². The molecule has 0 amide bonds. The van der Waals surface area contributed by atoms with Crippen LogP contribution >= 0.6 is 7.14 Å². The Bertz CT molecular complexity index is 419. The van der Waals surface area contributed by atoms with Crippen LogP contribution in [0.3, 0.4) is 0 Å². The van der Waals surface area contributed by atoms with E-state index in [0.717, 1.165) is 36.7 Å². The third-order valence-electron chi connectivity index (χ3n) is 3.49. The van der Waals surface area contributed by atoms with Crippen LogP contribution in [0.15, 0.2) is 18.3 Å². The van der Waals surface area contributed by atoms with Gasteiger partial charge in [-0.25, -0.2) is 0 Å². The summed E-state index contributed by atoms with van der Waals surface area (Å²) in [5.41, 5.74) is 3.01. The van der Waals surface area contributed by atoms with Crippen molar-refractivity contribution in [3.63, 3.8) is 0 Å². The van der Waals surface area contributed by atoms with Crippen LogP contribution in [0.5, 0.6) is 0 Å². The Morgan fingerprint density at radius 2 is 1.87 bits per heavy atom. The minimum atomic E-state index is -2.14. The van der Waals surface area contributed by atoms with E-state index >= 15 is 0 Å². The lowest BCUT2D eigenvalue weighted by molar-refractivity contribution is 0.578. The Hall–Kier alpha value is -0.620. The first-order chi connectivity index (χ1) is 7.23. The van der Waals surface area contributed by atoms with Crippen LogP contribution in [0, 0.1) is 6.92 Å². The molecule has 3 heteroatoms. The fourth-order valence-electron chi connectivity index (χ4n) is 2.40. The second kappa shape index (κ2) is 3.18. The molecule has 2 aliphatic carbocycles. The number of pyridine rings is 1. The van der Waals surface area contributed by atoms with Gasteiger partial charge in [0.05, 0.1) is 0 Å². The molecule has 1 heterocycles. The summed E-state index contributed by atoms with van der Waals surface area (Å²) >= 11 is 0. The molecule has 15 heavy (non-hydrogen) atoms. The average molecular weight is 221 g/mol. The van der Waals surface area contributed by atoms with Crippen molar-refractivity contribution in [1.82, 2.24) is 4.98 Å². The summed E-state index contributed by atoms with van der Waals surface area (Å²) < 4.78 is 13.1. The summed E-state index contributed by atoms with van der Waals surface area (Å²) in [6.45, 7) is 2.04. The molecule has 0 saturated heterocycles. The normalized spacial score (nSPS) is 21.7. The molecule has 0 bridgehead atoms. The summed E-state index contributed by atoms with van der Waals surface area (Å²) in [4.78, 5) is 4.41. The maximum atomic E-state index is 13.1. The Labute approximate surface area is 90.5 Å². The first-order valence-corrected chi connectivity index (χ1v) is 7.59. The lowest BCUT2D eigenvalue weighted by atomic mass is 10.3. The highest BCUT2D eigenvalue weighted by molar-refractivity contribution is 7.73. The molecular formula is C12H16NOP. The van der Waals surface area contributed by atoms with Gasteiger partial charge in [0.2, 0.25) is 0 Å². The van der Waals surface area contributed by atoms with Crippen LogP contribution in [0.25, 0.3) is 0 Å². The predicted octanol–water partition coefficient (Wildman–Crippen LogP) is 2.70. The molecule has 3 rings (SSSR count). The van der Waals surface area contributed by atoms with Crippen molar-refractivity contribution in [2.24, 2.45) is 0 Å². The second-order valence-corrected chi connectivity index (χ2v) is 8.12. The Kier molecular flexibility index (Phi) is 2.04. The van der Waals surface area contributed by atoms with E-state index in [2.05, 4.69) is 4.98 Å². The van der Waals surface area contributed by atoms with Gasteiger partial charge >= 0.3 is 0 Å². The zero-order valence-electron chi connectivity index (χ0n) is 9.02. The number of aromatic nitrogens is 1. The summed E-state index contributed by atoms with van der Waals surface area (Å²) in [5.74, 6) is 0. The number of hydrogen-bond donors (Lipinski definition) is 0. The van der Waals surface area contributed by atoms with E-state index in [4.69, 9.17) is 0 Å². The molecule has 0 atom stereocenters. The molecule has 0 unspecified atom stereocenters. The standard InChI is InChI=1S/C12H16NOP/c1-9-3-2-8-13-12(9)15(14,10-4-5-10)11-6-7-11/h2-3,8,10-11H,4-7H2,1H3. The van der Waals surface area contributed by atoms with Crippen LogP contribution in [0.2, 0.25) is 0 Å². The van der Waals surface area contributed by atoms with E-state index in [1.54, 1.807) is 6.20 Å². The fraction of sp³-hybridized carbons (Fsp3) is 0.583. The van der Waals surface area contributed by atoms with Crippen molar-refractivity contribution >= 4 is 12.6 Å². The van der Waals surface area contributed by atoms with Crippen molar-refractivity contribution in [3.05, 3.63) is 23.9 Å². The van der Waals surface area contributed by atoms with Crippen molar-refractivity contribution in [3.8, 4) is 0 Å². The fourth-order valence-corrected chi connectivity index (χ4v) is 6.40. The van der Waals surface area contributed by atoms with Crippen LogP contribution < -0.4 is 5.44 Å². The number of hydrogen-bond acceptors (Lipinski definition) is 2. The third kappa shape index (κ3) is 1.47. The topological polar surface area (TPSA) is 30.0 Å². The average Bonchev–Trinajstić information content (AvgIpc) is 3.06. The molecule has 0 radical (unpaired) electrons. The van der Waals surface area contributed by atoms with E-state index in [-0.39, 0.29) is 0 Å². The van der Waals surface area contributed by atoms with E-state index in [0.29, 0.717) is 11.3 Å². The minimum Gasteiger partial charge on any atom is -0.316 e. The number of rotatable bonds is 3. The van der Waals surface area contributed by atoms with Crippen LogP contribution in [-0.2, 0) is 4.57 Å². The van der Waals surface area contributed by atoms with Gasteiger partial charge < -0.3 is 4.57 Å². The van der Waals surface area contributed by atoms with Gasteiger partial charge in [0.1, 0.15) is 12.6 Å². The van der Waals surface area contributed by atoms with E-state index in [1.165, 1.54) is 0 Å². The molecule has 0 aliphatic heterocycles. The van der Waals surface area contributed by atoms with Gasteiger partial charge in [-0.05, 0) is 44.2 Å². The quantitative estimate of drug-likeness (QED) is 0.734. The number of nitrogens with zero attached hydrogens (tertiary/aromatic N) is 1. The lowest BCUT2D eigenvalue weighted by Crippen LogP contribution is -2.18. The first-order valence-electron chi connectivity index (χ1n) is 5.74. The maximum Gasteiger partial charge on any atom is 0.139 e. The monoisotopic (exact) mass is 221 g/mol. The third-order valence-corrected chi connectivity index (χ3v) is 7.82. The molecule has 0 spiro atoms. The summed E-state index contributed by atoms with van der Waals surface area (Å²) in [6.07, 6.45) is 6.42. The summed E-state index contributed by atoms with van der Waals surface area (Å²) in [5, 5.41) is 0. The molecule has 0 N–H and O–H groups in total. The lowest BCUT2D eigenvalue weighted by Gasteiger charge is -2.18. The molecule has 0 aromatic carbocycles. The zero-order chi connectivity index (χ0) is 10.5. The molecular weight excluding hydrogens is 205 g/mol. The highest BCUT2D eigenvalue weighted by Gasteiger charge is 2.53. The number of aryl methyl sites for hydroxylation is 1. The SMILES string of the molecule is Cc1cccnc1P(=O)(C1CC1)C1CC1. The molecule has 1 aromatic heterocycles. The van der Waals surface area contributed by atoms with Gasteiger partial charge in [0.25, 0.3) is 0 Å². The smallest absolute Gasteiger partial charge is 0.139 e. The van der Waals surface area contributed by atoms with Gasteiger partial charge in [0, 0.05) is 17.5 Å². The summed E-state index contributed by atoms with van der Waals surface area (Å²) in [6, 6.07) is 3.97. The van der Waals surface area contributed by atoms with Crippen LogP contribution in [0.1, 0.15) is 31.2 Å². The molecule has 2 fully saturated rings. The van der Waals surface area contributed by atoms with E-state index in [1.807, 2.05) is 19.1 Å². The van der Waals surface area contributed by atoms with Crippen LogP contribution in [0.4, 0.5) is 0 Å². The van der Waals surface area contributed by atoms with Gasteiger partial charge in [-0.3, -0.25) is 4.98 Å². The van der Waals surface area contributed by atoms with E-state index < -0.39 is 7.14 Å². The molecule has 1 aromatic rings. The molecule has 2 nitrogen and oxygen atoms in total. The van der Waals surface area contributed by atoms with Gasteiger partial charge in [-0.2, -0.15) is 0 Å². The van der Waals surface area contributed by atoms with Crippen LogP contribution in [-0.4, -0.2) is 16.3 Å². The van der Waals surface area contributed by atoms with Gasteiger partial charge in [-0.1, -0.05) is 6.07 Å². The Morgan fingerprint density at radius 1 is 1.27 bits per heavy atom. The first kappa shape index (κ1) is 9.59. The largest absolute Gasteiger partial charge is 0.316 e. The maximum absolute atomic E-state index is 13.1. The second-order valence-electron chi connectivity index (χ2n) is 4.82. The predicted molar refractivity (Wildman–Crippen MR) is 62.3 cm³/mol. The van der Waals surface area contributed by atoms with Crippen molar-refractivity contribution in [2.75, 3.05) is 0 Å². The Morgan fingerprint density at radius 3 is 2.33 bits per heavy atom. The van der Waals surface area contributed by atoms with Gasteiger partial charge in [-0.15, -0.1) is 0 Å². The van der Waals surface area contributed by atoms with Crippen molar-refractivity contribution in [2.45, 2.75) is 43.9 Å². The highest BCUT2D eigenvalue weighted by Crippen LogP contribution is 2.69. The van der Waals surface area contributed by atoms with Gasteiger partial charge in [0.15, 0.2) is 0 Å². The minimum absolute atomic E-state index is 0.471. The highest BCUT2D eigenvalue weighted by atomic mass is 31.2. The zero-order valence-corrected chi connectivity index (χ0v) is 9.91. The Balaban J connectivity index is 2.09.